The number of para-hydroxylation sites is 1. The van der Waals surface area contributed by atoms with E-state index in [9.17, 15) is 9.59 Å². The number of ether oxygens (including phenoxy) is 2. The molecule has 7 heteroatoms. The minimum absolute atomic E-state index is 0.134. The van der Waals surface area contributed by atoms with E-state index in [1.54, 1.807) is 37.3 Å². The molecule has 4 rings (SSSR count). The van der Waals surface area contributed by atoms with Crippen molar-refractivity contribution in [3.63, 3.8) is 0 Å². The first kappa shape index (κ1) is 19.0. The number of amides is 2. The molecule has 1 unspecified atom stereocenters. The number of aryl methyl sites for hydroxylation is 1. The van der Waals surface area contributed by atoms with E-state index in [1.807, 2.05) is 18.2 Å². The van der Waals surface area contributed by atoms with Crippen molar-refractivity contribution in [1.82, 2.24) is 10.9 Å². The van der Waals surface area contributed by atoms with Gasteiger partial charge in [0.25, 0.3) is 5.91 Å². The molecule has 2 aromatic carbocycles. The van der Waals surface area contributed by atoms with Crippen LogP contribution in [0.5, 0.6) is 5.75 Å². The third-order valence-corrected chi connectivity index (χ3v) is 4.92. The zero-order valence-corrected chi connectivity index (χ0v) is 16.1. The molecule has 0 saturated carbocycles. The second kappa shape index (κ2) is 8.36. The summed E-state index contributed by atoms with van der Waals surface area (Å²) >= 11 is 0. The molecule has 7 nitrogen and oxygen atoms in total. The van der Waals surface area contributed by atoms with E-state index in [2.05, 4.69) is 10.9 Å². The van der Waals surface area contributed by atoms with Gasteiger partial charge in [0.15, 0.2) is 5.76 Å². The van der Waals surface area contributed by atoms with Gasteiger partial charge in [0.2, 0.25) is 0 Å². The quantitative estimate of drug-likeness (QED) is 0.648. The molecule has 0 bridgehead atoms. The number of furan rings is 1. The zero-order valence-electron chi connectivity index (χ0n) is 16.1. The number of rotatable bonds is 5. The number of carbonyl (C=O) groups excluding carboxylic acids is 2. The Kier molecular flexibility index (Phi) is 5.48. The average molecular weight is 394 g/mol. The first-order chi connectivity index (χ1) is 14.1. The molecular formula is C22H22N2O5. The summed E-state index contributed by atoms with van der Waals surface area (Å²) in [5.41, 5.74) is 6.55. The second-order valence-corrected chi connectivity index (χ2v) is 6.93. The molecule has 1 saturated heterocycles. The van der Waals surface area contributed by atoms with Crippen LogP contribution in [0.2, 0.25) is 0 Å². The Morgan fingerprint density at radius 2 is 1.83 bits per heavy atom. The van der Waals surface area contributed by atoms with E-state index in [-0.39, 0.29) is 11.9 Å². The SMILES string of the molecule is Cc1c(C(=O)NNC(=O)c2ccc(OCC3CCCO3)cc2)oc2ccccc12. The van der Waals surface area contributed by atoms with Gasteiger partial charge in [-0.05, 0) is 50.1 Å². The zero-order chi connectivity index (χ0) is 20.2. The lowest BCUT2D eigenvalue weighted by molar-refractivity contribution is 0.0679. The van der Waals surface area contributed by atoms with E-state index in [1.165, 1.54) is 0 Å². The Hall–Kier alpha value is -3.32. The van der Waals surface area contributed by atoms with Crippen molar-refractivity contribution in [2.75, 3.05) is 13.2 Å². The average Bonchev–Trinajstić information content (AvgIpc) is 3.39. The second-order valence-electron chi connectivity index (χ2n) is 6.93. The smallest absolute Gasteiger partial charge is 0.305 e. The largest absolute Gasteiger partial charge is 0.491 e. The third kappa shape index (κ3) is 4.25. The van der Waals surface area contributed by atoms with Gasteiger partial charge in [0, 0.05) is 23.1 Å². The van der Waals surface area contributed by atoms with Gasteiger partial charge < -0.3 is 13.9 Å². The number of hydrogen-bond donors (Lipinski definition) is 2. The fourth-order valence-corrected chi connectivity index (χ4v) is 3.30. The summed E-state index contributed by atoms with van der Waals surface area (Å²) in [5.74, 6) is -0.107. The summed E-state index contributed by atoms with van der Waals surface area (Å²) in [7, 11) is 0. The van der Waals surface area contributed by atoms with Crippen molar-refractivity contribution in [1.29, 1.82) is 0 Å². The van der Waals surface area contributed by atoms with Crippen molar-refractivity contribution in [3.8, 4) is 5.75 Å². The summed E-state index contributed by atoms with van der Waals surface area (Å²) in [6, 6.07) is 14.1. The van der Waals surface area contributed by atoms with Crippen molar-refractivity contribution >= 4 is 22.8 Å². The van der Waals surface area contributed by atoms with E-state index < -0.39 is 11.8 Å². The molecule has 0 radical (unpaired) electrons. The van der Waals surface area contributed by atoms with Gasteiger partial charge >= 0.3 is 5.91 Å². The number of hydrazine groups is 1. The van der Waals surface area contributed by atoms with E-state index >= 15 is 0 Å². The highest BCUT2D eigenvalue weighted by molar-refractivity contribution is 6.01. The summed E-state index contributed by atoms with van der Waals surface area (Å²) in [5, 5.41) is 0.863. The standard InChI is InChI=1S/C22H22N2O5/c1-14-18-6-2-3-7-19(18)29-20(14)22(26)24-23-21(25)15-8-10-16(11-9-15)28-13-17-5-4-12-27-17/h2-3,6-11,17H,4-5,12-13H2,1H3,(H,23,25)(H,24,26). The maximum Gasteiger partial charge on any atom is 0.305 e. The Balaban J connectivity index is 1.32. The molecular weight excluding hydrogens is 372 g/mol. The van der Waals surface area contributed by atoms with Crippen LogP contribution in [-0.4, -0.2) is 31.1 Å². The molecule has 2 N–H and O–H groups in total. The lowest BCUT2D eigenvalue weighted by Crippen LogP contribution is -2.41. The highest BCUT2D eigenvalue weighted by Crippen LogP contribution is 2.24. The molecule has 2 heterocycles. The summed E-state index contributed by atoms with van der Waals surface area (Å²) in [6.07, 6.45) is 2.20. The van der Waals surface area contributed by atoms with Crippen LogP contribution in [0.3, 0.4) is 0 Å². The molecule has 29 heavy (non-hydrogen) atoms. The van der Waals surface area contributed by atoms with Gasteiger partial charge in [-0.2, -0.15) is 0 Å². The normalized spacial score (nSPS) is 16.0. The number of benzene rings is 2. The Morgan fingerprint density at radius 3 is 2.55 bits per heavy atom. The molecule has 1 fully saturated rings. The lowest BCUT2D eigenvalue weighted by Gasteiger charge is -2.12. The van der Waals surface area contributed by atoms with Gasteiger partial charge in [-0.1, -0.05) is 18.2 Å². The molecule has 3 aromatic rings. The van der Waals surface area contributed by atoms with E-state index in [0.29, 0.717) is 23.5 Å². The molecule has 150 valence electrons. The van der Waals surface area contributed by atoms with Gasteiger partial charge in [0.05, 0.1) is 6.10 Å². The van der Waals surface area contributed by atoms with Crippen LogP contribution >= 0.6 is 0 Å². The number of carbonyl (C=O) groups is 2. The highest BCUT2D eigenvalue weighted by Gasteiger charge is 2.18. The number of hydrogen-bond acceptors (Lipinski definition) is 5. The van der Waals surface area contributed by atoms with Crippen LogP contribution < -0.4 is 15.6 Å². The fraction of sp³-hybridized carbons (Fsp3) is 0.273. The van der Waals surface area contributed by atoms with Crippen LogP contribution in [0.4, 0.5) is 0 Å². The van der Waals surface area contributed by atoms with Crippen molar-refractivity contribution in [3.05, 3.63) is 65.4 Å². The van der Waals surface area contributed by atoms with Crippen LogP contribution in [-0.2, 0) is 4.74 Å². The van der Waals surface area contributed by atoms with Crippen molar-refractivity contribution < 1.29 is 23.5 Å². The Labute approximate surface area is 167 Å². The number of nitrogens with one attached hydrogen (secondary N) is 2. The lowest BCUT2D eigenvalue weighted by atomic mass is 10.1. The maximum atomic E-state index is 12.4. The Morgan fingerprint density at radius 1 is 1.07 bits per heavy atom. The molecule has 1 atom stereocenters. The molecule has 0 spiro atoms. The Bertz CT molecular complexity index is 1020. The summed E-state index contributed by atoms with van der Waals surface area (Å²) in [4.78, 5) is 24.7. The topological polar surface area (TPSA) is 89.8 Å². The minimum atomic E-state index is -0.511. The molecule has 1 aliphatic rings. The van der Waals surface area contributed by atoms with Crippen molar-refractivity contribution in [2.24, 2.45) is 0 Å². The first-order valence-corrected chi connectivity index (χ1v) is 9.55. The molecule has 1 aliphatic heterocycles. The fourth-order valence-electron chi connectivity index (χ4n) is 3.30. The number of fused-ring (bicyclic) bond motifs is 1. The van der Waals surface area contributed by atoms with Crippen LogP contribution in [0.25, 0.3) is 11.0 Å². The van der Waals surface area contributed by atoms with E-state index in [4.69, 9.17) is 13.9 Å². The maximum absolute atomic E-state index is 12.4. The van der Waals surface area contributed by atoms with Crippen LogP contribution in [0.1, 0.15) is 39.3 Å². The highest BCUT2D eigenvalue weighted by atomic mass is 16.5. The minimum Gasteiger partial charge on any atom is -0.491 e. The van der Waals surface area contributed by atoms with Gasteiger partial charge in [0.1, 0.15) is 17.9 Å². The van der Waals surface area contributed by atoms with Crippen molar-refractivity contribution in [2.45, 2.75) is 25.9 Å². The first-order valence-electron chi connectivity index (χ1n) is 9.55. The van der Waals surface area contributed by atoms with Gasteiger partial charge in [-0.15, -0.1) is 0 Å². The van der Waals surface area contributed by atoms with E-state index in [0.717, 1.165) is 30.4 Å². The molecule has 2 amide bonds. The van der Waals surface area contributed by atoms with Gasteiger partial charge in [-0.3, -0.25) is 20.4 Å². The van der Waals surface area contributed by atoms with Crippen LogP contribution in [0, 0.1) is 6.92 Å². The predicted octanol–water partition coefficient (Wildman–Crippen LogP) is 3.37. The molecule has 0 aliphatic carbocycles. The predicted molar refractivity (Wildman–Crippen MR) is 107 cm³/mol. The molecule has 1 aromatic heterocycles. The summed E-state index contributed by atoms with van der Waals surface area (Å²) < 4.78 is 16.8. The summed E-state index contributed by atoms with van der Waals surface area (Å²) in [6.45, 7) is 3.09. The third-order valence-electron chi connectivity index (χ3n) is 4.92. The van der Waals surface area contributed by atoms with Crippen LogP contribution in [0.15, 0.2) is 52.9 Å². The van der Waals surface area contributed by atoms with Gasteiger partial charge in [-0.25, -0.2) is 0 Å². The monoisotopic (exact) mass is 394 g/mol.